The number of hydrogen-bond acceptors (Lipinski definition) is 7. The number of carbonyl (C=O) groups excluding carboxylic acids is 1. The van der Waals surface area contributed by atoms with Gasteiger partial charge in [0.1, 0.15) is 5.75 Å². The number of nitrogens with zero attached hydrogens (tertiary/aromatic N) is 3. The number of carbonyl (C=O) groups is 1. The van der Waals surface area contributed by atoms with Gasteiger partial charge in [0.2, 0.25) is 21.7 Å². The zero-order chi connectivity index (χ0) is 22.6. The molecule has 0 spiro atoms. The number of amides is 1. The lowest BCUT2D eigenvalue weighted by Crippen LogP contribution is -2.36. The Morgan fingerprint density at radius 2 is 1.97 bits per heavy atom. The van der Waals surface area contributed by atoms with Gasteiger partial charge in [-0.3, -0.25) is 9.10 Å². The number of anilines is 1. The molecule has 0 saturated heterocycles. The molecule has 0 aliphatic heterocycles. The smallest absolute Gasteiger partial charge is 0.261 e. The van der Waals surface area contributed by atoms with Crippen LogP contribution in [0.3, 0.4) is 0 Å². The van der Waals surface area contributed by atoms with Crippen LogP contribution < -0.4 is 14.4 Å². The lowest BCUT2D eigenvalue weighted by Gasteiger charge is -2.18. The van der Waals surface area contributed by atoms with Crippen molar-refractivity contribution >= 4 is 37.5 Å². The number of benzene rings is 2. The summed E-state index contributed by atoms with van der Waals surface area (Å²) in [5, 5.41) is 6.61. The van der Waals surface area contributed by atoms with Crippen molar-refractivity contribution in [2.45, 2.75) is 19.6 Å². The molecule has 164 valence electrons. The molecule has 3 aromatic rings. The molecule has 0 bridgehead atoms. The average molecular weight is 509 g/mol. The summed E-state index contributed by atoms with van der Waals surface area (Å²) in [6.07, 6.45) is 0.334. The van der Waals surface area contributed by atoms with Gasteiger partial charge in [-0.1, -0.05) is 33.2 Å². The van der Waals surface area contributed by atoms with Gasteiger partial charge in [0.15, 0.2) is 6.10 Å². The van der Waals surface area contributed by atoms with E-state index in [0.29, 0.717) is 17.3 Å². The van der Waals surface area contributed by atoms with Gasteiger partial charge in [-0.2, -0.15) is 4.98 Å². The molecule has 11 heteroatoms. The molecule has 1 atom stereocenters. The van der Waals surface area contributed by atoms with Crippen molar-refractivity contribution < 1.29 is 22.5 Å². The summed E-state index contributed by atoms with van der Waals surface area (Å²) in [7, 11) is -1.89. The molecule has 1 heterocycles. The van der Waals surface area contributed by atoms with Gasteiger partial charge < -0.3 is 14.6 Å². The predicted octanol–water partition coefficient (Wildman–Crippen LogP) is 2.98. The highest BCUT2D eigenvalue weighted by molar-refractivity contribution is 9.10. The molecular formula is C20H21BrN4O5S. The maximum Gasteiger partial charge on any atom is 0.261 e. The molecule has 0 radical (unpaired) electrons. The lowest BCUT2D eigenvalue weighted by molar-refractivity contribution is -0.127. The van der Waals surface area contributed by atoms with E-state index in [-0.39, 0.29) is 18.3 Å². The minimum atomic E-state index is -3.35. The third kappa shape index (κ3) is 6.05. The van der Waals surface area contributed by atoms with E-state index >= 15 is 0 Å². The number of hydrogen-bond donors (Lipinski definition) is 1. The van der Waals surface area contributed by atoms with Crippen LogP contribution in [0.15, 0.2) is 57.5 Å². The van der Waals surface area contributed by atoms with E-state index in [1.165, 1.54) is 7.05 Å². The Morgan fingerprint density at radius 3 is 2.61 bits per heavy atom. The van der Waals surface area contributed by atoms with Gasteiger partial charge in [0.25, 0.3) is 5.91 Å². The maximum atomic E-state index is 12.3. The molecule has 0 aliphatic rings. The second-order valence-electron chi connectivity index (χ2n) is 6.72. The van der Waals surface area contributed by atoms with Crippen LogP contribution in [0.25, 0.3) is 11.4 Å². The fraction of sp³-hybridized carbons (Fsp3) is 0.250. The molecule has 1 aromatic heterocycles. The first-order chi connectivity index (χ1) is 14.6. The molecular weight excluding hydrogens is 488 g/mol. The summed E-state index contributed by atoms with van der Waals surface area (Å²) in [4.78, 5) is 16.6. The third-order valence-corrected chi connectivity index (χ3v) is 6.04. The molecule has 0 unspecified atom stereocenters. The fourth-order valence-electron chi connectivity index (χ4n) is 2.56. The van der Waals surface area contributed by atoms with E-state index < -0.39 is 16.1 Å². The molecule has 3 rings (SSSR count). The van der Waals surface area contributed by atoms with E-state index in [9.17, 15) is 13.2 Å². The van der Waals surface area contributed by atoms with Crippen molar-refractivity contribution in [1.82, 2.24) is 15.5 Å². The Labute approximate surface area is 188 Å². The fourth-order valence-corrected chi connectivity index (χ4v) is 3.47. The van der Waals surface area contributed by atoms with E-state index in [2.05, 4.69) is 31.4 Å². The first-order valence-corrected chi connectivity index (χ1v) is 11.8. The Bertz CT molecular complexity index is 1160. The number of halogens is 1. The van der Waals surface area contributed by atoms with Crippen molar-refractivity contribution in [2.75, 3.05) is 17.6 Å². The highest BCUT2D eigenvalue weighted by Crippen LogP contribution is 2.22. The van der Waals surface area contributed by atoms with E-state index in [0.717, 1.165) is 20.6 Å². The number of sulfonamides is 1. The van der Waals surface area contributed by atoms with Crippen LogP contribution in [0.1, 0.15) is 12.8 Å². The normalized spacial score (nSPS) is 12.3. The van der Waals surface area contributed by atoms with Crippen LogP contribution in [0, 0.1) is 0 Å². The van der Waals surface area contributed by atoms with E-state index in [4.69, 9.17) is 9.26 Å². The second kappa shape index (κ2) is 9.48. The average Bonchev–Trinajstić information content (AvgIpc) is 3.20. The molecule has 2 aromatic carbocycles. The highest BCUT2D eigenvalue weighted by atomic mass is 79.9. The molecule has 0 saturated carbocycles. The Hall–Kier alpha value is -2.92. The van der Waals surface area contributed by atoms with Crippen LogP contribution in [-0.2, 0) is 21.4 Å². The Morgan fingerprint density at radius 1 is 1.26 bits per heavy atom. The first-order valence-electron chi connectivity index (χ1n) is 9.20. The van der Waals surface area contributed by atoms with Crippen LogP contribution in [0.4, 0.5) is 5.69 Å². The molecule has 0 aliphatic carbocycles. The molecule has 31 heavy (non-hydrogen) atoms. The van der Waals surface area contributed by atoms with E-state index in [1.54, 1.807) is 31.2 Å². The van der Waals surface area contributed by atoms with Crippen LogP contribution in [-0.4, -0.2) is 43.9 Å². The number of ether oxygens (including phenoxy) is 1. The zero-order valence-electron chi connectivity index (χ0n) is 17.1. The maximum absolute atomic E-state index is 12.3. The third-order valence-electron chi connectivity index (χ3n) is 4.34. The molecule has 0 fully saturated rings. The summed E-state index contributed by atoms with van der Waals surface area (Å²) in [5.41, 5.74) is 1.28. The SMILES string of the molecule is C[C@H](Oc1ccc(N(C)S(C)(=O)=O)cc1)C(=O)NCc1nc(-c2cccc(Br)c2)no1. The largest absolute Gasteiger partial charge is 0.481 e. The molecule has 1 N–H and O–H groups in total. The predicted molar refractivity (Wildman–Crippen MR) is 119 cm³/mol. The summed E-state index contributed by atoms with van der Waals surface area (Å²) in [6.45, 7) is 1.66. The van der Waals surface area contributed by atoms with Crippen LogP contribution in [0.2, 0.25) is 0 Å². The topological polar surface area (TPSA) is 115 Å². The number of rotatable bonds is 8. The Kier molecular flexibility index (Phi) is 6.96. The minimum absolute atomic E-state index is 0.0611. The minimum Gasteiger partial charge on any atom is -0.481 e. The van der Waals surface area contributed by atoms with Gasteiger partial charge >= 0.3 is 0 Å². The van der Waals surface area contributed by atoms with Crippen molar-refractivity contribution in [3.05, 3.63) is 58.9 Å². The molecule has 1 amide bonds. The lowest BCUT2D eigenvalue weighted by atomic mass is 10.2. The summed E-state index contributed by atoms with van der Waals surface area (Å²) < 4.78 is 36.0. The van der Waals surface area contributed by atoms with Gasteiger partial charge in [-0.25, -0.2) is 8.42 Å². The Balaban J connectivity index is 1.54. The first kappa shape index (κ1) is 22.8. The van der Waals surface area contributed by atoms with Crippen molar-refractivity contribution in [2.24, 2.45) is 0 Å². The van der Waals surface area contributed by atoms with Gasteiger partial charge in [0, 0.05) is 17.1 Å². The van der Waals surface area contributed by atoms with Crippen molar-refractivity contribution in [1.29, 1.82) is 0 Å². The summed E-state index contributed by atoms with van der Waals surface area (Å²) in [5.74, 6) is 0.764. The van der Waals surface area contributed by atoms with Crippen molar-refractivity contribution in [3.8, 4) is 17.1 Å². The van der Waals surface area contributed by atoms with Gasteiger partial charge in [0.05, 0.1) is 18.5 Å². The second-order valence-corrected chi connectivity index (χ2v) is 9.65. The summed E-state index contributed by atoms with van der Waals surface area (Å²) >= 11 is 3.39. The zero-order valence-corrected chi connectivity index (χ0v) is 19.5. The van der Waals surface area contributed by atoms with E-state index in [1.807, 2.05) is 24.3 Å². The monoisotopic (exact) mass is 508 g/mol. The standard InChI is InChI=1S/C20H21BrN4O5S/c1-13(29-17-9-7-16(8-10-17)25(2)31(3,27)28)20(26)22-12-18-23-19(24-30-18)14-5-4-6-15(21)11-14/h4-11,13H,12H2,1-3H3,(H,22,26)/t13-/m0/s1. The van der Waals surface area contributed by atoms with Gasteiger partial charge in [-0.05, 0) is 43.3 Å². The molecule has 9 nitrogen and oxygen atoms in total. The highest BCUT2D eigenvalue weighted by Gasteiger charge is 2.17. The quantitative estimate of drug-likeness (QED) is 0.497. The number of aromatic nitrogens is 2. The van der Waals surface area contributed by atoms with Gasteiger partial charge in [-0.15, -0.1) is 0 Å². The van der Waals surface area contributed by atoms with Crippen LogP contribution >= 0.6 is 15.9 Å². The van der Waals surface area contributed by atoms with Crippen molar-refractivity contribution in [3.63, 3.8) is 0 Å². The summed E-state index contributed by atoms with van der Waals surface area (Å²) in [6, 6.07) is 13.9. The van der Waals surface area contributed by atoms with Crippen LogP contribution in [0.5, 0.6) is 5.75 Å². The number of nitrogens with one attached hydrogen (secondary N) is 1.